The van der Waals surface area contributed by atoms with Gasteiger partial charge in [0.1, 0.15) is 11.6 Å². The van der Waals surface area contributed by atoms with E-state index in [0.29, 0.717) is 11.4 Å². The van der Waals surface area contributed by atoms with Crippen LogP contribution in [0.1, 0.15) is 15.9 Å². The van der Waals surface area contributed by atoms with Crippen LogP contribution in [0.15, 0.2) is 36.4 Å². The molecule has 0 aromatic heterocycles. The molecule has 0 heterocycles. The van der Waals surface area contributed by atoms with Gasteiger partial charge < -0.3 is 15.8 Å². The van der Waals surface area contributed by atoms with Crippen LogP contribution in [0.3, 0.4) is 0 Å². The fraction of sp³-hybridized carbons (Fsp3) is 0.133. The molecule has 0 unspecified atom stereocenters. The molecule has 0 saturated carbocycles. The molecule has 0 aliphatic carbocycles. The summed E-state index contributed by atoms with van der Waals surface area (Å²) in [5.74, 6) is -0.581. The van der Waals surface area contributed by atoms with Crippen LogP contribution in [0.5, 0.6) is 5.75 Å². The largest absolute Gasteiger partial charge is 0.496 e. The van der Waals surface area contributed by atoms with Crippen molar-refractivity contribution in [3.8, 4) is 5.75 Å². The van der Waals surface area contributed by atoms with Crippen molar-refractivity contribution in [3.05, 3.63) is 53.3 Å². The maximum atomic E-state index is 13.7. The molecule has 0 fully saturated rings. The van der Waals surface area contributed by atoms with Gasteiger partial charge in [-0.25, -0.2) is 4.39 Å². The summed E-state index contributed by atoms with van der Waals surface area (Å²) in [7, 11) is 1.45. The smallest absolute Gasteiger partial charge is 0.259 e. The molecule has 0 radical (unpaired) electrons. The molecule has 5 heteroatoms. The van der Waals surface area contributed by atoms with Crippen LogP contribution in [0, 0.1) is 12.7 Å². The van der Waals surface area contributed by atoms with Gasteiger partial charge in [0.25, 0.3) is 5.91 Å². The van der Waals surface area contributed by atoms with Crippen LogP contribution in [-0.2, 0) is 0 Å². The Morgan fingerprint density at radius 2 is 2.00 bits per heavy atom. The molecule has 0 atom stereocenters. The average molecular weight is 274 g/mol. The van der Waals surface area contributed by atoms with Gasteiger partial charge in [0.05, 0.1) is 18.4 Å². The van der Waals surface area contributed by atoms with Crippen molar-refractivity contribution < 1.29 is 13.9 Å². The zero-order chi connectivity index (χ0) is 14.7. The van der Waals surface area contributed by atoms with E-state index in [1.807, 2.05) is 0 Å². The second-order valence-electron chi connectivity index (χ2n) is 4.40. The van der Waals surface area contributed by atoms with Gasteiger partial charge in [-0.3, -0.25) is 4.79 Å². The Balaban J connectivity index is 2.30. The lowest BCUT2D eigenvalue weighted by atomic mass is 10.1. The van der Waals surface area contributed by atoms with E-state index in [-0.39, 0.29) is 11.3 Å². The summed E-state index contributed by atoms with van der Waals surface area (Å²) in [4.78, 5) is 12.2. The number of hydrogen-bond donors (Lipinski definition) is 2. The predicted molar refractivity (Wildman–Crippen MR) is 76.5 cm³/mol. The Hall–Kier alpha value is -2.56. The number of halogens is 1. The number of carbonyl (C=O) groups is 1. The SMILES string of the molecule is COc1ccc(N)cc1C(=O)Nc1ccc(C)cc1F. The number of amides is 1. The van der Waals surface area contributed by atoms with Crippen molar-refractivity contribution in [1.82, 2.24) is 0 Å². The molecule has 104 valence electrons. The number of aryl methyl sites for hydroxylation is 1. The number of nitrogen functional groups attached to an aromatic ring is 1. The lowest BCUT2D eigenvalue weighted by molar-refractivity contribution is 0.102. The van der Waals surface area contributed by atoms with E-state index < -0.39 is 11.7 Å². The molecule has 2 rings (SSSR count). The van der Waals surface area contributed by atoms with Crippen LogP contribution in [0.25, 0.3) is 0 Å². The Morgan fingerprint density at radius 1 is 1.25 bits per heavy atom. The predicted octanol–water partition coefficient (Wildman–Crippen LogP) is 2.98. The minimum absolute atomic E-state index is 0.116. The second kappa shape index (κ2) is 5.61. The Morgan fingerprint density at radius 3 is 2.65 bits per heavy atom. The first-order valence-electron chi connectivity index (χ1n) is 6.02. The third kappa shape index (κ3) is 2.88. The lowest BCUT2D eigenvalue weighted by Crippen LogP contribution is -2.14. The number of anilines is 2. The third-order valence-corrected chi connectivity index (χ3v) is 2.84. The van der Waals surface area contributed by atoms with Crippen molar-refractivity contribution in [1.29, 1.82) is 0 Å². The summed E-state index contributed by atoms with van der Waals surface area (Å²) in [5.41, 5.74) is 7.24. The van der Waals surface area contributed by atoms with Crippen LogP contribution in [-0.4, -0.2) is 13.0 Å². The molecule has 0 bridgehead atoms. The highest BCUT2D eigenvalue weighted by Crippen LogP contribution is 2.23. The maximum Gasteiger partial charge on any atom is 0.259 e. The first-order valence-corrected chi connectivity index (χ1v) is 6.02. The minimum Gasteiger partial charge on any atom is -0.496 e. The average Bonchev–Trinajstić information content (AvgIpc) is 2.41. The molecule has 20 heavy (non-hydrogen) atoms. The summed E-state index contributed by atoms with van der Waals surface area (Å²) in [6, 6.07) is 9.29. The van der Waals surface area contributed by atoms with Crippen LogP contribution < -0.4 is 15.8 Å². The van der Waals surface area contributed by atoms with Gasteiger partial charge in [0.2, 0.25) is 0 Å². The number of carbonyl (C=O) groups excluding carboxylic acids is 1. The quantitative estimate of drug-likeness (QED) is 0.846. The third-order valence-electron chi connectivity index (χ3n) is 2.84. The minimum atomic E-state index is -0.485. The normalized spacial score (nSPS) is 10.2. The number of nitrogens with two attached hydrogens (primary N) is 1. The number of benzene rings is 2. The Kier molecular flexibility index (Phi) is 3.89. The first kappa shape index (κ1) is 13.9. The number of methoxy groups -OCH3 is 1. The van der Waals surface area contributed by atoms with Crippen molar-refractivity contribution in [2.24, 2.45) is 0 Å². The molecule has 2 aromatic rings. The molecule has 0 spiro atoms. The molecule has 3 N–H and O–H groups in total. The van der Waals surface area contributed by atoms with Gasteiger partial charge in [0, 0.05) is 5.69 Å². The van der Waals surface area contributed by atoms with E-state index >= 15 is 0 Å². The topological polar surface area (TPSA) is 64.3 Å². The van der Waals surface area contributed by atoms with E-state index in [4.69, 9.17) is 10.5 Å². The van der Waals surface area contributed by atoms with Gasteiger partial charge in [-0.1, -0.05) is 6.07 Å². The van der Waals surface area contributed by atoms with Gasteiger partial charge in [-0.15, -0.1) is 0 Å². The van der Waals surface area contributed by atoms with Crippen molar-refractivity contribution in [2.75, 3.05) is 18.2 Å². The monoisotopic (exact) mass is 274 g/mol. The number of hydrogen-bond acceptors (Lipinski definition) is 3. The summed E-state index contributed by atoms with van der Waals surface area (Å²) in [6.07, 6.45) is 0. The highest BCUT2D eigenvalue weighted by molar-refractivity contribution is 6.06. The molecule has 1 amide bonds. The van der Waals surface area contributed by atoms with E-state index in [1.165, 1.54) is 25.3 Å². The first-order chi connectivity index (χ1) is 9.51. The van der Waals surface area contributed by atoms with E-state index in [9.17, 15) is 9.18 Å². The van der Waals surface area contributed by atoms with E-state index in [0.717, 1.165) is 5.56 Å². The van der Waals surface area contributed by atoms with Crippen LogP contribution in [0.4, 0.5) is 15.8 Å². The summed E-state index contributed by atoms with van der Waals surface area (Å²) in [6.45, 7) is 1.77. The fourth-order valence-corrected chi connectivity index (χ4v) is 1.81. The zero-order valence-corrected chi connectivity index (χ0v) is 11.2. The second-order valence-corrected chi connectivity index (χ2v) is 4.40. The Labute approximate surface area is 116 Å². The molecule has 2 aromatic carbocycles. The standard InChI is InChI=1S/C15H15FN2O2/c1-9-3-5-13(12(16)7-9)18-15(19)11-8-10(17)4-6-14(11)20-2/h3-8H,17H2,1-2H3,(H,18,19). The lowest BCUT2D eigenvalue weighted by Gasteiger charge is -2.11. The van der Waals surface area contributed by atoms with Crippen molar-refractivity contribution in [2.45, 2.75) is 6.92 Å². The van der Waals surface area contributed by atoms with Gasteiger partial charge >= 0.3 is 0 Å². The molecular weight excluding hydrogens is 259 g/mol. The number of rotatable bonds is 3. The molecule has 0 aliphatic heterocycles. The summed E-state index contributed by atoms with van der Waals surface area (Å²) in [5, 5.41) is 2.51. The zero-order valence-electron chi connectivity index (χ0n) is 11.2. The molecule has 4 nitrogen and oxygen atoms in total. The molecular formula is C15H15FN2O2. The fourth-order valence-electron chi connectivity index (χ4n) is 1.81. The Bertz CT molecular complexity index is 656. The van der Waals surface area contributed by atoms with Crippen molar-refractivity contribution in [3.63, 3.8) is 0 Å². The summed E-state index contributed by atoms with van der Waals surface area (Å²) < 4.78 is 18.8. The number of nitrogens with one attached hydrogen (secondary N) is 1. The summed E-state index contributed by atoms with van der Waals surface area (Å²) >= 11 is 0. The highest BCUT2D eigenvalue weighted by atomic mass is 19.1. The van der Waals surface area contributed by atoms with E-state index in [1.54, 1.807) is 25.1 Å². The molecule has 0 saturated heterocycles. The number of ether oxygens (including phenoxy) is 1. The van der Waals surface area contributed by atoms with Crippen molar-refractivity contribution >= 4 is 17.3 Å². The van der Waals surface area contributed by atoms with Crippen LogP contribution in [0.2, 0.25) is 0 Å². The highest BCUT2D eigenvalue weighted by Gasteiger charge is 2.14. The molecule has 0 aliphatic rings. The maximum absolute atomic E-state index is 13.7. The van der Waals surface area contributed by atoms with E-state index in [2.05, 4.69) is 5.32 Å². The van der Waals surface area contributed by atoms with Gasteiger partial charge in [0.15, 0.2) is 0 Å². The van der Waals surface area contributed by atoms with Gasteiger partial charge in [-0.2, -0.15) is 0 Å². The van der Waals surface area contributed by atoms with Gasteiger partial charge in [-0.05, 0) is 42.8 Å². The van der Waals surface area contributed by atoms with Crippen LogP contribution >= 0.6 is 0 Å².